The number of ether oxygens (including phenoxy) is 1. The van der Waals surface area contributed by atoms with E-state index < -0.39 is 38.8 Å². The van der Waals surface area contributed by atoms with Crippen molar-refractivity contribution in [1.29, 1.82) is 0 Å². The molecule has 0 bridgehead atoms. The van der Waals surface area contributed by atoms with E-state index in [1.165, 1.54) is 12.1 Å². The van der Waals surface area contributed by atoms with Crippen LogP contribution < -0.4 is 4.74 Å². The first-order valence-electron chi connectivity index (χ1n) is 8.61. The Hall–Kier alpha value is -2.74. The van der Waals surface area contributed by atoms with Crippen molar-refractivity contribution in [1.82, 2.24) is 0 Å². The Balaban J connectivity index is 2.07. The van der Waals surface area contributed by atoms with Gasteiger partial charge in [0, 0.05) is 10.6 Å². The summed E-state index contributed by atoms with van der Waals surface area (Å²) in [5, 5.41) is 18.9. The van der Waals surface area contributed by atoms with Gasteiger partial charge in [-0.2, -0.15) is 0 Å². The van der Waals surface area contributed by atoms with Crippen LogP contribution in [-0.2, 0) is 20.4 Å². The van der Waals surface area contributed by atoms with E-state index in [4.69, 9.17) is 33.0 Å². The Kier molecular flexibility index (Phi) is 6.55. The highest BCUT2D eigenvalue weighted by Crippen LogP contribution is 2.37. The zero-order valence-corrected chi connectivity index (χ0v) is 17.7. The third kappa shape index (κ3) is 5.05. The molecule has 156 valence electrons. The average Bonchev–Trinajstić information content (AvgIpc) is 2.70. The van der Waals surface area contributed by atoms with E-state index in [-0.39, 0.29) is 21.4 Å². The maximum atomic E-state index is 13.0. The maximum Gasteiger partial charge on any atom is 0.341 e. The van der Waals surface area contributed by atoms with Gasteiger partial charge in [0.2, 0.25) is 0 Å². The summed E-state index contributed by atoms with van der Waals surface area (Å²) in [4.78, 5) is 10.5. The highest BCUT2D eigenvalue weighted by Gasteiger charge is 2.24. The molecule has 3 aromatic carbocycles. The van der Waals surface area contributed by atoms with Gasteiger partial charge < -0.3 is 14.9 Å². The van der Waals surface area contributed by atoms with Crippen molar-refractivity contribution in [3.05, 3.63) is 76.3 Å². The molecule has 9 heteroatoms. The van der Waals surface area contributed by atoms with E-state index in [1.807, 2.05) is 30.3 Å². The molecule has 3 rings (SSSR count). The number of aromatic hydroxyl groups is 1. The lowest BCUT2D eigenvalue weighted by molar-refractivity contribution is -0.139. The van der Waals surface area contributed by atoms with Gasteiger partial charge in [0.05, 0.1) is 10.8 Å². The third-order valence-corrected chi connectivity index (χ3v) is 6.37. The first-order chi connectivity index (χ1) is 14.2. The van der Waals surface area contributed by atoms with Crippen LogP contribution in [0.15, 0.2) is 65.6 Å². The minimum atomic E-state index is -4.10. The van der Waals surface area contributed by atoms with Crippen molar-refractivity contribution in [2.45, 2.75) is 10.6 Å². The standard InChI is InChI=1S/C21H16Cl2O6S/c22-16-9-17(23)21(26)19(10-16)30(27,28)12-15-8-14(13-4-2-1-3-5-13)6-7-18(15)29-11-20(24)25/h1-10,26H,11-12H2,(H,24,25). The third-order valence-electron chi connectivity index (χ3n) is 4.19. The second-order valence-corrected chi connectivity index (χ2v) is 9.17. The molecule has 0 atom stereocenters. The Labute approximate surface area is 183 Å². The van der Waals surface area contributed by atoms with E-state index in [2.05, 4.69) is 0 Å². The van der Waals surface area contributed by atoms with Gasteiger partial charge >= 0.3 is 5.97 Å². The molecule has 0 spiro atoms. The fourth-order valence-electron chi connectivity index (χ4n) is 2.84. The highest BCUT2D eigenvalue weighted by atomic mass is 35.5. The van der Waals surface area contributed by atoms with Gasteiger partial charge in [0.15, 0.2) is 22.2 Å². The Morgan fingerprint density at radius 3 is 2.33 bits per heavy atom. The van der Waals surface area contributed by atoms with Gasteiger partial charge in [-0.3, -0.25) is 0 Å². The van der Waals surface area contributed by atoms with Crippen LogP contribution in [0.25, 0.3) is 11.1 Å². The molecule has 30 heavy (non-hydrogen) atoms. The highest BCUT2D eigenvalue weighted by molar-refractivity contribution is 7.90. The van der Waals surface area contributed by atoms with Crippen molar-refractivity contribution in [2.24, 2.45) is 0 Å². The fourth-order valence-corrected chi connectivity index (χ4v) is 4.96. The largest absolute Gasteiger partial charge is 0.505 e. The zero-order chi connectivity index (χ0) is 21.9. The first kappa shape index (κ1) is 22.0. The molecule has 0 aliphatic heterocycles. The van der Waals surface area contributed by atoms with Crippen LogP contribution in [0, 0.1) is 0 Å². The summed E-state index contributed by atoms with van der Waals surface area (Å²) in [5.74, 6) is -2.26. The molecule has 0 fully saturated rings. The summed E-state index contributed by atoms with van der Waals surface area (Å²) in [6.45, 7) is -0.633. The van der Waals surface area contributed by atoms with Crippen molar-refractivity contribution >= 4 is 39.0 Å². The molecule has 2 N–H and O–H groups in total. The van der Waals surface area contributed by atoms with Gasteiger partial charge in [0.25, 0.3) is 0 Å². The molecule has 6 nitrogen and oxygen atoms in total. The Bertz CT molecular complexity index is 1190. The molecule has 0 aliphatic rings. The van der Waals surface area contributed by atoms with Crippen molar-refractivity contribution in [3.8, 4) is 22.6 Å². The summed E-state index contributed by atoms with van der Waals surface area (Å²) in [5.41, 5.74) is 1.79. The topological polar surface area (TPSA) is 101 Å². The van der Waals surface area contributed by atoms with Crippen molar-refractivity contribution in [3.63, 3.8) is 0 Å². The van der Waals surface area contributed by atoms with Gasteiger partial charge in [-0.05, 0) is 35.4 Å². The molecule has 0 saturated carbocycles. The Morgan fingerprint density at radius 2 is 1.67 bits per heavy atom. The summed E-state index contributed by atoms with van der Waals surface area (Å²) in [7, 11) is -4.10. The molecule has 0 saturated heterocycles. The number of phenols is 1. The van der Waals surface area contributed by atoms with Crippen LogP contribution in [0.2, 0.25) is 10.0 Å². The number of aliphatic carboxylic acids is 1. The van der Waals surface area contributed by atoms with Crippen LogP contribution in [-0.4, -0.2) is 31.2 Å². The molecular formula is C21H16Cl2O6S. The maximum absolute atomic E-state index is 13.0. The monoisotopic (exact) mass is 466 g/mol. The number of hydrogen-bond donors (Lipinski definition) is 2. The predicted octanol–water partition coefficient (Wildman–Crippen LogP) is 4.80. The molecule has 3 aromatic rings. The Morgan fingerprint density at radius 1 is 0.967 bits per heavy atom. The van der Waals surface area contributed by atoms with Crippen molar-refractivity contribution < 1.29 is 28.2 Å². The number of carbonyl (C=O) groups is 1. The zero-order valence-electron chi connectivity index (χ0n) is 15.4. The van der Waals surface area contributed by atoms with E-state index in [0.717, 1.165) is 17.2 Å². The smallest absolute Gasteiger partial charge is 0.341 e. The van der Waals surface area contributed by atoms with Crippen LogP contribution in [0.5, 0.6) is 11.5 Å². The summed E-state index contributed by atoms with van der Waals surface area (Å²) in [6, 6.07) is 16.4. The molecule has 0 amide bonds. The minimum Gasteiger partial charge on any atom is -0.505 e. The molecule has 0 radical (unpaired) electrons. The van der Waals surface area contributed by atoms with E-state index >= 15 is 0 Å². The number of hydrogen-bond acceptors (Lipinski definition) is 5. The molecule has 0 aliphatic carbocycles. The number of sulfone groups is 1. The van der Waals surface area contributed by atoms with Crippen LogP contribution >= 0.6 is 23.2 Å². The number of benzene rings is 3. The quantitative estimate of drug-likeness (QED) is 0.518. The lowest BCUT2D eigenvalue weighted by Gasteiger charge is -2.14. The second kappa shape index (κ2) is 8.95. The van der Waals surface area contributed by atoms with Gasteiger partial charge in [-0.25, -0.2) is 13.2 Å². The number of halogens is 2. The first-order valence-corrected chi connectivity index (χ1v) is 11.0. The summed E-state index contributed by atoms with van der Waals surface area (Å²) in [6.07, 6.45) is 0. The van der Waals surface area contributed by atoms with Crippen molar-refractivity contribution in [2.75, 3.05) is 6.61 Å². The average molecular weight is 467 g/mol. The SMILES string of the molecule is O=C(O)COc1ccc(-c2ccccc2)cc1CS(=O)(=O)c1cc(Cl)cc(Cl)c1O. The summed E-state index contributed by atoms with van der Waals surface area (Å²) < 4.78 is 31.3. The molecule has 0 unspecified atom stereocenters. The van der Waals surface area contributed by atoms with E-state index in [0.29, 0.717) is 0 Å². The lowest BCUT2D eigenvalue weighted by Crippen LogP contribution is -2.12. The number of rotatable bonds is 7. The molecule has 0 aromatic heterocycles. The second-order valence-electron chi connectivity index (χ2n) is 6.36. The fraction of sp³-hybridized carbons (Fsp3) is 0.0952. The van der Waals surface area contributed by atoms with Gasteiger partial charge in [-0.15, -0.1) is 0 Å². The van der Waals surface area contributed by atoms with Crippen LogP contribution in [0.3, 0.4) is 0 Å². The van der Waals surface area contributed by atoms with Gasteiger partial charge in [-0.1, -0.05) is 59.6 Å². The predicted molar refractivity (Wildman–Crippen MR) is 114 cm³/mol. The minimum absolute atomic E-state index is 0.0526. The van der Waals surface area contributed by atoms with Crippen LogP contribution in [0.1, 0.15) is 5.56 Å². The number of carboxylic acids is 1. The van der Waals surface area contributed by atoms with Gasteiger partial charge in [0.1, 0.15) is 10.6 Å². The van der Waals surface area contributed by atoms with E-state index in [9.17, 15) is 18.3 Å². The molecule has 0 heterocycles. The lowest BCUT2D eigenvalue weighted by atomic mass is 10.0. The summed E-state index contributed by atoms with van der Waals surface area (Å²) >= 11 is 11.8. The normalized spacial score (nSPS) is 11.3. The molecular weight excluding hydrogens is 451 g/mol. The van der Waals surface area contributed by atoms with Crippen LogP contribution in [0.4, 0.5) is 0 Å². The van der Waals surface area contributed by atoms with E-state index in [1.54, 1.807) is 12.1 Å². The number of phenolic OH excluding ortho intramolecular Hbond substituents is 1. The number of carboxylic acid groups (broad SMARTS) is 1.